The van der Waals surface area contributed by atoms with Gasteiger partial charge in [0.05, 0.1) is 0 Å². The summed E-state index contributed by atoms with van der Waals surface area (Å²) in [5.74, 6) is -0.823. The van der Waals surface area contributed by atoms with Gasteiger partial charge in [-0.05, 0) is 40.8 Å². The number of nitrogens with zero attached hydrogens (tertiary/aromatic N) is 1. The second kappa shape index (κ2) is 14.8. The molecule has 0 bridgehead atoms. The Labute approximate surface area is 236 Å². The van der Waals surface area contributed by atoms with Crippen LogP contribution in [0.25, 0.3) is 0 Å². The van der Waals surface area contributed by atoms with Crippen LogP contribution in [0.2, 0.25) is 0 Å². The Morgan fingerprint density at radius 1 is 0.750 bits per heavy atom. The quantitative estimate of drug-likeness (QED) is 0.189. The molecule has 40 heavy (non-hydrogen) atoms. The van der Waals surface area contributed by atoms with Crippen LogP contribution in [-0.2, 0) is 22.6 Å². The molecule has 0 radical (unpaired) electrons. The lowest BCUT2D eigenvalue weighted by Gasteiger charge is -2.33. The van der Waals surface area contributed by atoms with Gasteiger partial charge in [-0.3, -0.25) is 9.59 Å². The van der Waals surface area contributed by atoms with Gasteiger partial charge >= 0.3 is 0 Å². The van der Waals surface area contributed by atoms with E-state index in [9.17, 15) is 14.0 Å². The average Bonchev–Trinajstić information content (AvgIpc) is 3.00. The summed E-state index contributed by atoms with van der Waals surface area (Å²) >= 11 is 0. The first kappa shape index (κ1) is 28.8. The van der Waals surface area contributed by atoms with Crippen molar-refractivity contribution in [3.8, 4) is 0 Å². The number of unbranched alkanes of at least 4 members (excludes halogenated alkanes) is 1. The predicted octanol–water partition coefficient (Wildman–Crippen LogP) is 6.90. The Bertz CT molecular complexity index is 1290. The molecule has 0 aliphatic rings. The number of hydrogen-bond donors (Lipinski definition) is 1. The number of carbonyl (C=O) groups is 2. The Hall–Kier alpha value is -4.25. The maximum Gasteiger partial charge on any atom is 0.243 e. The monoisotopic (exact) mass is 536 g/mol. The maximum atomic E-state index is 14.3. The van der Waals surface area contributed by atoms with Crippen LogP contribution in [0.1, 0.15) is 54.4 Å². The molecule has 1 atom stereocenters. The standard InChI is InChI=1S/C35H37FN2O2/c1-2-3-23-37-35(40)33(24-27-13-7-4-8-14-27)38(26-28-19-21-31(36)22-20-28)34(39)25-32(29-15-9-5-10-16-29)30-17-11-6-12-18-30/h4-22,32-33H,2-3,23-26H2,1H3,(H,37,40)/t33-/m0/s1. The van der Waals surface area contributed by atoms with E-state index in [1.165, 1.54) is 12.1 Å². The van der Waals surface area contributed by atoms with Crippen molar-refractivity contribution in [2.45, 2.75) is 51.1 Å². The number of nitrogens with one attached hydrogen (secondary N) is 1. The lowest BCUT2D eigenvalue weighted by molar-refractivity contribution is -0.141. The third kappa shape index (κ3) is 8.12. The smallest absolute Gasteiger partial charge is 0.243 e. The fraction of sp³-hybridized carbons (Fsp3) is 0.257. The van der Waals surface area contributed by atoms with Crippen LogP contribution in [0.15, 0.2) is 115 Å². The number of halogens is 1. The molecule has 5 heteroatoms. The number of rotatable bonds is 13. The molecule has 4 aromatic rings. The maximum absolute atomic E-state index is 14.3. The highest BCUT2D eigenvalue weighted by Crippen LogP contribution is 2.30. The third-order valence-electron chi connectivity index (χ3n) is 7.15. The molecule has 4 aromatic carbocycles. The second-order valence-electron chi connectivity index (χ2n) is 10.1. The molecular weight excluding hydrogens is 499 g/mol. The zero-order valence-electron chi connectivity index (χ0n) is 23.0. The van der Waals surface area contributed by atoms with Gasteiger partial charge in [-0.2, -0.15) is 0 Å². The van der Waals surface area contributed by atoms with Crippen molar-refractivity contribution < 1.29 is 14.0 Å². The summed E-state index contributed by atoms with van der Waals surface area (Å²) in [6, 6.07) is 35.2. The highest BCUT2D eigenvalue weighted by atomic mass is 19.1. The van der Waals surface area contributed by atoms with Crippen molar-refractivity contribution in [3.63, 3.8) is 0 Å². The Balaban J connectivity index is 1.71. The summed E-state index contributed by atoms with van der Waals surface area (Å²) < 4.78 is 13.7. The molecule has 0 fully saturated rings. The van der Waals surface area contributed by atoms with Crippen LogP contribution >= 0.6 is 0 Å². The zero-order valence-corrected chi connectivity index (χ0v) is 23.0. The van der Waals surface area contributed by atoms with Gasteiger partial charge in [0, 0.05) is 31.8 Å². The van der Waals surface area contributed by atoms with Gasteiger partial charge in [-0.25, -0.2) is 4.39 Å². The molecule has 0 spiro atoms. The first-order valence-electron chi connectivity index (χ1n) is 14.0. The average molecular weight is 537 g/mol. The van der Waals surface area contributed by atoms with Crippen LogP contribution < -0.4 is 5.32 Å². The van der Waals surface area contributed by atoms with Gasteiger partial charge in [-0.15, -0.1) is 0 Å². The number of amides is 2. The SMILES string of the molecule is CCCCNC(=O)[C@H](Cc1ccccc1)N(Cc1ccc(F)cc1)C(=O)CC(c1ccccc1)c1ccccc1. The van der Waals surface area contributed by atoms with E-state index < -0.39 is 6.04 Å². The van der Waals surface area contributed by atoms with E-state index in [2.05, 4.69) is 12.2 Å². The molecule has 0 aliphatic carbocycles. The van der Waals surface area contributed by atoms with Gasteiger partial charge in [0.15, 0.2) is 0 Å². The largest absolute Gasteiger partial charge is 0.354 e. The van der Waals surface area contributed by atoms with Gasteiger partial charge in [0.2, 0.25) is 11.8 Å². The molecule has 0 saturated carbocycles. The summed E-state index contributed by atoms with van der Waals surface area (Å²) in [6.07, 6.45) is 2.40. The predicted molar refractivity (Wildman–Crippen MR) is 158 cm³/mol. The minimum atomic E-state index is -0.719. The normalized spacial score (nSPS) is 11.7. The van der Waals surface area contributed by atoms with Gasteiger partial charge in [0.1, 0.15) is 11.9 Å². The van der Waals surface area contributed by atoms with E-state index in [1.54, 1.807) is 17.0 Å². The van der Waals surface area contributed by atoms with E-state index in [4.69, 9.17) is 0 Å². The summed E-state index contributed by atoms with van der Waals surface area (Å²) in [5.41, 5.74) is 3.81. The summed E-state index contributed by atoms with van der Waals surface area (Å²) in [5, 5.41) is 3.06. The minimum Gasteiger partial charge on any atom is -0.354 e. The molecule has 0 heterocycles. The number of benzene rings is 4. The summed E-state index contributed by atoms with van der Waals surface area (Å²) in [7, 11) is 0. The van der Waals surface area contributed by atoms with Gasteiger partial charge < -0.3 is 10.2 Å². The van der Waals surface area contributed by atoms with Crippen molar-refractivity contribution in [3.05, 3.63) is 143 Å². The second-order valence-corrected chi connectivity index (χ2v) is 10.1. The molecule has 2 amide bonds. The molecule has 4 rings (SSSR count). The van der Waals surface area contributed by atoms with Crippen molar-refractivity contribution in [1.29, 1.82) is 0 Å². The minimum absolute atomic E-state index is 0.131. The van der Waals surface area contributed by atoms with Crippen molar-refractivity contribution >= 4 is 11.8 Å². The van der Waals surface area contributed by atoms with E-state index in [-0.39, 0.29) is 36.5 Å². The van der Waals surface area contributed by atoms with E-state index >= 15 is 0 Å². The van der Waals surface area contributed by atoms with Crippen molar-refractivity contribution in [2.75, 3.05) is 6.54 Å². The molecule has 4 nitrogen and oxygen atoms in total. The molecule has 0 saturated heterocycles. The summed E-state index contributed by atoms with van der Waals surface area (Å²) in [4.78, 5) is 29.7. The fourth-order valence-electron chi connectivity index (χ4n) is 4.94. The Kier molecular flexibility index (Phi) is 10.6. The molecule has 1 N–H and O–H groups in total. The van der Waals surface area contributed by atoms with Crippen LogP contribution in [0, 0.1) is 5.82 Å². The van der Waals surface area contributed by atoms with Crippen LogP contribution in [-0.4, -0.2) is 29.3 Å². The molecular formula is C35H37FN2O2. The topological polar surface area (TPSA) is 49.4 Å². The lowest BCUT2D eigenvalue weighted by atomic mass is 9.87. The molecule has 0 unspecified atom stereocenters. The Morgan fingerprint density at radius 3 is 1.85 bits per heavy atom. The molecule has 0 aliphatic heterocycles. The van der Waals surface area contributed by atoms with Gasteiger partial charge in [0.25, 0.3) is 0 Å². The van der Waals surface area contributed by atoms with Crippen LogP contribution in [0.4, 0.5) is 4.39 Å². The van der Waals surface area contributed by atoms with Gasteiger partial charge in [-0.1, -0.05) is 116 Å². The van der Waals surface area contributed by atoms with E-state index in [1.807, 2.05) is 91.0 Å². The number of hydrogen-bond acceptors (Lipinski definition) is 2. The molecule has 206 valence electrons. The highest BCUT2D eigenvalue weighted by molar-refractivity contribution is 5.88. The zero-order chi connectivity index (χ0) is 28.2. The number of carbonyl (C=O) groups excluding carboxylic acids is 2. The molecule has 0 aromatic heterocycles. The summed E-state index contributed by atoms with van der Waals surface area (Å²) in [6.45, 7) is 2.83. The van der Waals surface area contributed by atoms with Crippen molar-refractivity contribution in [1.82, 2.24) is 10.2 Å². The van der Waals surface area contributed by atoms with Crippen LogP contribution in [0.5, 0.6) is 0 Å². The lowest BCUT2D eigenvalue weighted by Crippen LogP contribution is -2.51. The first-order valence-corrected chi connectivity index (χ1v) is 14.0. The Morgan fingerprint density at radius 2 is 1.30 bits per heavy atom. The third-order valence-corrected chi connectivity index (χ3v) is 7.15. The van der Waals surface area contributed by atoms with Crippen molar-refractivity contribution in [2.24, 2.45) is 0 Å². The first-order chi connectivity index (χ1) is 19.5. The fourth-order valence-corrected chi connectivity index (χ4v) is 4.94. The van der Waals surface area contributed by atoms with E-state index in [0.29, 0.717) is 13.0 Å². The van der Waals surface area contributed by atoms with Crippen LogP contribution in [0.3, 0.4) is 0 Å². The highest BCUT2D eigenvalue weighted by Gasteiger charge is 2.32. The van der Waals surface area contributed by atoms with E-state index in [0.717, 1.165) is 35.1 Å².